The lowest BCUT2D eigenvalue weighted by Gasteiger charge is -2.48. The van der Waals surface area contributed by atoms with Gasteiger partial charge in [-0.15, -0.1) is 11.3 Å². The van der Waals surface area contributed by atoms with Crippen molar-refractivity contribution in [1.82, 2.24) is 20.1 Å². The van der Waals surface area contributed by atoms with E-state index in [-0.39, 0.29) is 11.8 Å². The quantitative estimate of drug-likeness (QED) is 0.141. The van der Waals surface area contributed by atoms with Crippen molar-refractivity contribution < 1.29 is 29.4 Å². The van der Waals surface area contributed by atoms with Crippen molar-refractivity contribution in [3.05, 3.63) is 75.8 Å². The molecule has 3 rings (SSSR count). The SMILES string of the molecule is CNC(=O)c1ccc(CCc2sc(NC(C)=O)nc2CCc2ccc(NC(N(C(=O)O)C(C)(C)C)N(C(=O)O)C(C)(C)C)cc2)cc1. The predicted octanol–water partition coefficient (Wildman–Crippen LogP) is 6.28. The second kappa shape index (κ2) is 15.3. The number of nitrogens with one attached hydrogen (secondary N) is 3. The number of rotatable bonds is 12. The maximum atomic E-state index is 12.4. The van der Waals surface area contributed by atoms with Crippen LogP contribution in [-0.4, -0.2) is 73.4 Å². The standard InChI is InChI=1S/C34H46N6O6S/c1-21(41)36-29-38-26(27(47-29)20-14-22-9-15-24(16-10-22)28(42)35-8)19-13-23-11-17-25(18-12-23)37-30(39(31(43)44)33(2,3)4)40(32(45)46)34(5,6)7/h9-12,15-18,30,37H,13-14,19-20H2,1-8H3,(H,35,42)(H,43,44)(H,45,46)(H,36,38,41). The molecule has 13 heteroatoms. The number of carbonyl (C=O) groups is 4. The molecule has 0 aliphatic rings. The van der Waals surface area contributed by atoms with Crippen LogP contribution in [0, 0.1) is 0 Å². The molecular formula is C34H46N6O6S. The number of carboxylic acid groups (broad SMARTS) is 2. The molecule has 0 bridgehead atoms. The Morgan fingerprint density at radius 2 is 1.28 bits per heavy atom. The summed E-state index contributed by atoms with van der Waals surface area (Å²) in [4.78, 5) is 56.4. The second-order valence-electron chi connectivity index (χ2n) is 13.2. The fourth-order valence-electron chi connectivity index (χ4n) is 5.14. The van der Waals surface area contributed by atoms with E-state index in [4.69, 9.17) is 4.98 Å². The summed E-state index contributed by atoms with van der Waals surface area (Å²) < 4.78 is 0. The molecule has 0 saturated carbocycles. The molecule has 2 aromatic carbocycles. The largest absolute Gasteiger partial charge is 0.465 e. The Labute approximate surface area is 280 Å². The van der Waals surface area contributed by atoms with Crippen LogP contribution in [0.1, 0.15) is 80.5 Å². The van der Waals surface area contributed by atoms with Crippen LogP contribution in [0.25, 0.3) is 0 Å². The van der Waals surface area contributed by atoms with Gasteiger partial charge in [0.15, 0.2) is 11.4 Å². The third-order valence-electron chi connectivity index (χ3n) is 7.39. The van der Waals surface area contributed by atoms with E-state index >= 15 is 0 Å². The molecule has 0 atom stereocenters. The number of hydrogen-bond donors (Lipinski definition) is 5. The van der Waals surface area contributed by atoms with E-state index in [1.807, 2.05) is 24.3 Å². The maximum absolute atomic E-state index is 12.4. The number of hydrogen-bond acceptors (Lipinski definition) is 7. The Morgan fingerprint density at radius 3 is 1.72 bits per heavy atom. The molecule has 0 spiro atoms. The van der Waals surface area contributed by atoms with E-state index in [0.717, 1.165) is 44.3 Å². The van der Waals surface area contributed by atoms with Crippen LogP contribution in [0.3, 0.4) is 0 Å². The van der Waals surface area contributed by atoms with Gasteiger partial charge in [-0.25, -0.2) is 14.6 Å². The average Bonchev–Trinajstić information content (AvgIpc) is 3.34. The second-order valence-corrected chi connectivity index (χ2v) is 14.3. The van der Waals surface area contributed by atoms with Gasteiger partial charge in [-0.2, -0.15) is 0 Å². The molecule has 1 heterocycles. The van der Waals surface area contributed by atoms with Crippen molar-refractivity contribution >= 4 is 46.2 Å². The molecule has 0 aliphatic carbocycles. The number of aryl methyl sites for hydroxylation is 4. The monoisotopic (exact) mass is 666 g/mol. The van der Waals surface area contributed by atoms with Gasteiger partial charge < -0.3 is 26.2 Å². The van der Waals surface area contributed by atoms with Gasteiger partial charge in [0, 0.05) is 41.2 Å². The summed E-state index contributed by atoms with van der Waals surface area (Å²) in [5.74, 6) is -0.326. The molecule has 0 fully saturated rings. The van der Waals surface area contributed by atoms with Gasteiger partial charge in [0.2, 0.25) is 5.91 Å². The van der Waals surface area contributed by atoms with Crippen molar-refractivity contribution in [1.29, 1.82) is 0 Å². The lowest BCUT2D eigenvalue weighted by Crippen LogP contribution is -2.66. The molecule has 0 saturated heterocycles. The Balaban J connectivity index is 1.79. The van der Waals surface area contributed by atoms with Gasteiger partial charge in [-0.3, -0.25) is 19.4 Å². The minimum absolute atomic E-state index is 0.135. The van der Waals surface area contributed by atoms with Gasteiger partial charge in [0.25, 0.3) is 5.91 Å². The molecule has 0 radical (unpaired) electrons. The number of benzene rings is 2. The van der Waals surface area contributed by atoms with E-state index in [1.165, 1.54) is 18.3 Å². The molecule has 1 aromatic heterocycles. The first-order valence-corrected chi connectivity index (χ1v) is 16.2. The predicted molar refractivity (Wildman–Crippen MR) is 184 cm³/mol. The summed E-state index contributed by atoms with van der Waals surface area (Å²) >= 11 is 1.45. The molecule has 0 aliphatic heterocycles. The van der Waals surface area contributed by atoms with Crippen LogP contribution in [0.2, 0.25) is 0 Å². The molecule has 47 heavy (non-hydrogen) atoms. The summed E-state index contributed by atoms with van der Waals surface area (Å²) in [6.07, 6.45) is -0.939. The molecule has 0 unspecified atom stereocenters. The summed E-state index contributed by atoms with van der Waals surface area (Å²) in [6, 6.07) is 14.9. The van der Waals surface area contributed by atoms with Crippen LogP contribution in [0.15, 0.2) is 48.5 Å². The van der Waals surface area contributed by atoms with E-state index < -0.39 is 29.6 Å². The first-order chi connectivity index (χ1) is 21.9. The molecule has 3 aromatic rings. The van der Waals surface area contributed by atoms with Gasteiger partial charge in [0.1, 0.15) is 0 Å². The lowest BCUT2D eigenvalue weighted by atomic mass is 10.0. The van der Waals surface area contributed by atoms with Crippen LogP contribution in [0.5, 0.6) is 0 Å². The molecule has 12 nitrogen and oxygen atoms in total. The molecule has 4 amide bonds. The molecular weight excluding hydrogens is 620 g/mol. The van der Waals surface area contributed by atoms with Crippen LogP contribution in [0.4, 0.5) is 20.4 Å². The van der Waals surface area contributed by atoms with E-state index in [2.05, 4.69) is 16.0 Å². The first kappa shape index (κ1) is 36.8. The van der Waals surface area contributed by atoms with Gasteiger partial charge in [-0.05, 0) is 103 Å². The Hall–Kier alpha value is -4.65. The van der Waals surface area contributed by atoms with Crippen molar-refractivity contribution in [2.45, 2.75) is 91.5 Å². The smallest absolute Gasteiger partial charge is 0.410 e. The number of nitrogens with zero attached hydrogens (tertiary/aromatic N) is 3. The first-order valence-electron chi connectivity index (χ1n) is 15.4. The minimum Gasteiger partial charge on any atom is -0.465 e. The highest BCUT2D eigenvalue weighted by atomic mass is 32.1. The molecule has 5 N–H and O–H groups in total. The number of aromatic nitrogens is 1. The van der Waals surface area contributed by atoms with Gasteiger partial charge >= 0.3 is 12.2 Å². The van der Waals surface area contributed by atoms with Gasteiger partial charge in [0.05, 0.1) is 5.69 Å². The zero-order chi connectivity index (χ0) is 35.1. The Kier molecular flexibility index (Phi) is 12.0. The summed E-state index contributed by atoms with van der Waals surface area (Å²) in [5.41, 5.74) is 2.34. The fourth-order valence-corrected chi connectivity index (χ4v) is 6.20. The van der Waals surface area contributed by atoms with Gasteiger partial charge in [-0.1, -0.05) is 24.3 Å². The number of carbonyl (C=O) groups excluding carboxylic acids is 2. The number of anilines is 2. The fraction of sp³-hybridized carbons (Fsp3) is 0.441. The normalized spacial score (nSPS) is 11.6. The summed E-state index contributed by atoms with van der Waals surface area (Å²) in [7, 11) is 1.60. The highest BCUT2D eigenvalue weighted by molar-refractivity contribution is 7.15. The van der Waals surface area contributed by atoms with E-state index in [0.29, 0.717) is 29.2 Å². The average molecular weight is 667 g/mol. The number of amides is 4. The highest BCUT2D eigenvalue weighted by Crippen LogP contribution is 2.29. The van der Waals surface area contributed by atoms with Crippen LogP contribution in [-0.2, 0) is 30.5 Å². The van der Waals surface area contributed by atoms with Crippen molar-refractivity contribution in [3.8, 4) is 0 Å². The number of thiazole rings is 1. The van der Waals surface area contributed by atoms with Crippen molar-refractivity contribution in [3.63, 3.8) is 0 Å². The Morgan fingerprint density at radius 1 is 0.787 bits per heavy atom. The van der Waals surface area contributed by atoms with Crippen molar-refractivity contribution in [2.24, 2.45) is 0 Å². The minimum atomic E-state index is -1.25. The lowest BCUT2D eigenvalue weighted by molar-refractivity contribution is -0.114. The third kappa shape index (κ3) is 10.2. The maximum Gasteiger partial charge on any atom is 0.410 e. The van der Waals surface area contributed by atoms with Crippen LogP contribution < -0.4 is 16.0 Å². The topological polar surface area (TPSA) is 164 Å². The van der Waals surface area contributed by atoms with E-state index in [1.54, 1.807) is 72.9 Å². The van der Waals surface area contributed by atoms with Crippen LogP contribution >= 0.6 is 11.3 Å². The van der Waals surface area contributed by atoms with Crippen molar-refractivity contribution in [2.75, 3.05) is 17.7 Å². The zero-order valence-electron chi connectivity index (χ0n) is 28.3. The molecule has 254 valence electrons. The Bertz CT molecular complexity index is 1530. The summed E-state index contributed by atoms with van der Waals surface area (Å²) in [5, 5.41) is 29.3. The van der Waals surface area contributed by atoms with E-state index in [9.17, 15) is 29.4 Å². The third-order valence-corrected chi connectivity index (χ3v) is 8.46. The highest BCUT2D eigenvalue weighted by Gasteiger charge is 2.43. The zero-order valence-corrected chi connectivity index (χ0v) is 29.1. The summed E-state index contributed by atoms with van der Waals surface area (Å²) in [6.45, 7) is 11.7.